The van der Waals surface area contributed by atoms with E-state index in [1.165, 1.54) is 13.2 Å². The average Bonchev–Trinajstić information content (AvgIpc) is 3.17. The van der Waals surface area contributed by atoms with Gasteiger partial charge in [0.15, 0.2) is 5.69 Å². The number of hydrogen-bond donors (Lipinski definition) is 2. The quantitative estimate of drug-likeness (QED) is 0.838. The highest BCUT2D eigenvalue weighted by molar-refractivity contribution is 6.30. The van der Waals surface area contributed by atoms with Crippen LogP contribution in [-0.2, 0) is 26.3 Å². The maximum Gasteiger partial charge on any atom is 0.435 e. The van der Waals surface area contributed by atoms with Gasteiger partial charge in [-0.2, -0.15) is 23.4 Å². The monoisotopic (exact) mass is 377 g/mol. The molecule has 3 atom stereocenters. The molecule has 1 aliphatic carbocycles. The fraction of sp³-hybridized carbons (Fsp3) is 0.600. The molecule has 0 aliphatic heterocycles. The molecule has 3 rings (SSSR count). The van der Waals surface area contributed by atoms with Crippen LogP contribution in [0.3, 0.4) is 0 Å². The Balaban J connectivity index is 1.59. The Morgan fingerprint density at radius 3 is 2.76 bits per heavy atom. The highest BCUT2D eigenvalue weighted by Crippen LogP contribution is 2.32. The number of hydrogen-bond acceptors (Lipinski definition) is 4. The van der Waals surface area contributed by atoms with Crippen molar-refractivity contribution in [3.05, 3.63) is 34.9 Å². The van der Waals surface area contributed by atoms with E-state index < -0.39 is 18.0 Å². The SMILES string of the molecule is Cn1cc(CN[C@@H]2CC(Cn3cc(Cl)cn3)C[C@H]2O)c(C(F)(F)F)n1. The molecule has 2 N–H and O–H groups in total. The minimum atomic E-state index is -4.49. The Labute approximate surface area is 147 Å². The van der Waals surface area contributed by atoms with Crippen LogP contribution in [0.4, 0.5) is 13.2 Å². The van der Waals surface area contributed by atoms with Crippen molar-refractivity contribution in [1.29, 1.82) is 0 Å². The lowest BCUT2D eigenvalue weighted by molar-refractivity contribution is -0.142. The molecule has 1 saturated carbocycles. The minimum absolute atomic E-state index is 0.00469. The van der Waals surface area contributed by atoms with Crippen LogP contribution in [0.5, 0.6) is 0 Å². The standard InChI is InChI=1S/C15H19ClF3N5O/c1-23-7-10(14(22-23)15(17,18)19)4-20-12-2-9(3-13(12)25)6-24-8-11(16)5-21-24/h5,7-9,12-13,20,25H,2-4,6H2,1H3/t9?,12-,13-/m1/s1. The lowest BCUT2D eigenvalue weighted by Gasteiger charge is -2.16. The molecule has 2 aromatic heterocycles. The molecule has 0 saturated heterocycles. The molecule has 1 unspecified atom stereocenters. The number of aromatic nitrogens is 4. The van der Waals surface area contributed by atoms with Gasteiger partial charge in [0.25, 0.3) is 0 Å². The van der Waals surface area contributed by atoms with Crippen LogP contribution in [0, 0.1) is 5.92 Å². The van der Waals surface area contributed by atoms with Gasteiger partial charge in [0.05, 0.1) is 17.3 Å². The Bertz CT molecular complexity index is 729. The van der Waals surface area contributed by atoms with Crippen molar-refractivity contribution < 1.29 is 18.3 Å². The zero-order valence-corrected chi connectivity index (χ0v) is 14.3. The van der Waals surface area contributed by atoms with Gasteiger partial charge in [0, 0.05) is 44.1 Å². The van der Waals surface area contributed by atoms with E-state index in [-0.39, 0.29) is 24.1 Å². The Kier molecular flexibility index (Phi) is 5.08. The van der Waals surface area contributed by atoms with Gasteiger partial charge in [0.2, 0.25) is 0 Å². The van der Waals surface area contributed by atoms with Gasteiger partial charge >= 0.3 is 6.18 Å². The summed E-state index contributed by atoms with van der Waals surface area (Å²) in [5.41, 5.74) is -0.817. The van der Waals surface area contributed by atoms with E-state index in [9.17, 15) is 18.3 Å². The number of halogens is 4. The molecule has 6 nitrogen and oxygen atoms in total. The third-order valence-corrected chi connectivity index (χ3v) is 4.60. The van der Waals surface area contributed by atoms with Crippen LogP contribution >= 0.6 is 11.6 Å². The zero-order chi connectivity index (χ0) is 18.2. The van der Waals surface area contributed by atoms with E-state index >= 15 is 0 Å². The van der Waals surface area contributed by atoms with Crippen molar-refractivity contribution in [3.8, 4) is 0 Å². The summed E-state index contributed by atoms with van der Waals surface area (Å²) in [6.45, 7) is 0.618. The topological polar surface area (TPSA) is 67.9 Å². The second kappa shape index (κ2) is 6.97. The molecule has 10 heteroatoms. The van der Waals surface area contributed by atoms with Crippen molar-refractivity contribution in [2.45, 2.75) is 44.3 Å². The summed E-state index contributed by atoms with van der Waals surface area (Å²) < 4.78 is 41.8. The summed E-state index contributed by atoms with van der Waals surface area (Å²) in [5, 5.41) is 21.4. The van der Waals surface area contributed by atoms with Gasteiger partial charge in [-0.05, 0) is 18.8 Å². The number of alkyl halides is 3. The maximum absolute atomic E-state index is 13.0. The maximum atomic E-state index is 13.0. The molecular formula is C15H19ClF3N5O. The number of nitrogens with one attached hydrogen (secondary N) is 1. The fourth-order valence-electron chi connectivity index (χ4n) is 3.34. The van der Waals surface area contributed by atoms with Gasteiger partial charge in [0.1, 0.15) is 0 Å². The van der Waals surface area contributed by atoms with Crippen LogP contribution < -0.4 is 5.32 Å². The van der Waals surface area contributed by atoms with Crippen LogP contribution in [-0.4, -0.2) is 36.8 Å². The third kappa shape index (κ3) is 4.34. The molecule has 138 valence electrons. The lowest BCUT2D eigenvalue weighted by atomic mass is 10.1. The largest absolute Gasteiger partial charge is 0.435 e. The number of rotatable bonds is 5. The van der Waals surface area contributed by atoms with Crippen molar-refractivity contribution in [2.75, 3.05) is 0 Å². The van der Waals surface area contributed by atoms with Crippen LogP contribution in [0.1, 0.15) is 24.1 Å². The van der Waals surface area contributed by atoms with Gasteiger partial charge in [-0.25, -0.2) is 0 Å². The van der Waals surface area contributed by atoms with Crippen LogP contribution in [0.2, 0.25) is 5.02 Å². The Morgan fingerprint density at radius 1 is 1.36 bits per heavy atom. The second-order valence-corrected chi connectivity index (χ2v) is 6.88. The predicted octanol–water partition coefficient (Wildman–Crippen LogP) is 2.22. The number of aryl methyl sites for hydroxylation is 1. The van der Waals surface area contributed by atoms with E-state index in [1.54, 1.807) is 17.1 Å². The molecule has 1 aliphatic rings. The first-order chi connectivity index (χ1) is 11.7. The van der Waals surface area contributed by atoms with E-state index in [0.717, 1.165) is 4.68 Å². The van der Waals surface area contributed by atoms with Crippen molar-refractivity contribution in [1.82, 2.24) is 24.9 Å². The molecule has 0 amide bonds. The first-order valence-corrected chi connectivity index (χ1v) is 8.29. The normalized spacial score (nSPS) is 24.2. The van der Waals surface area contributed by atoms with E-state index in [2.05, 4.69) is 15.5 Å². The molecule has 2 heterocycles. The first kappa shape index (κ1) is 18.2. The molecule has 0 radical (unpaired) electrons. The van der Waals surface area contributed by atoms with E-state index in [1.807, 2.05) is 0 Å². The van der Waals surface area contributed by atoms with Crippen LogP contribution in [0.25, 0.3) is 0 Å². The van der Waals surface area contributed by atoms with Crippen molar-refractivity contribution in [2.24, 2.45) is 13.0 Å². The van der Waals surface area contributed by atoms with Gasteiger partial charge in [-0.3, -0.25) is 9.36 Å². The Morgan fingerprint density at radius 2 is 2.12 bits per heavy atom. The summed E-state index contributed by atoms with van der Waals surface area (Å²) in [4.78, 5) is 0. The van der Waals surface area contributed by atoms with Gasteiger partial charge in [-0.15, -0.1) is 0 Å². The second-order valence-electron chi connectivity index (χ2n) is 6.45. The molecular weight excluding hydrogens is 359 g/mol. The molecule has 0 bridgehead atoms. The first-order valence-electron chi connectivity index (χ1n) is 7.91. The molecule has 0 aromatic carbocycles. The highest BCUT2D eigenvalue weighted by atomic mass is 35.5. The molecule has 0 spiro atoms. The number of nitrogens with zero attached hydrogens (tertiary/aromatic N) is 4. The average molecular weight is 378 g/mol. The van der Waals surface area contributed by atoms with E-state index in [4.69, 9.17) is 11.6 Å². The smallest absolute Gasteiger partial charge is 0.391 e. The van der Waals surface area contributed by atoms with Gasteiger partial charge < -0.3 is 10.4 Å². The zero-order valence-electron chi connectivity index (χ0n) is 13.5. The number of aliphatic hydroxyl groups excluding tert-OH is 1. The lowest BCUT2D eigenvalue weighted by Crippen LogP contribution is -2.35. The number of aliphatic hydroxyl groups is 1. The van der Waals surface area contributed by atoms with Crippen molar-refractivity contribution >= 4 is 11.6 Å². The van der Waals surface area contributed by atoms with E-state index in [0.29, 0.717) is 24.4 Å². The third-order valence-electron chi connectivity index (χ3n) is 4.40. The summed E-state index contributed by atoms with van der Waals surface area (Å²) in [5.74, 6) is 0.180. The van der Waals surface area contributed by atoms with Crippen LogP contribution in [0.15, 0.2) is 18.6 Å². The minimum Gasteiger partial charge on any atom is -0.391 e. The molecule has 25 heavy (non-hydrogen) atoms. The van der Waals surface area contributed by atoms with Gasteiger partial charge in [-0.1, -0.05) is 11.6 Å². The summed E-state index contributed by atoms with van der Waals surface area (Å²) in [7, 11) is 1.45. The summed E-state index contributed by atoms with van der Waals surface area (Å²) in [6, 6.07) is -0.266. The highest BCUT2D eigenvalue weighted by Gasteiger charge is 2.38. The predicted molar refractivity (Wildman–Crippen MR) is 84.8 cm³/mol. The van der Waals surface area contributed by atoms with Crippen molar-refractivity contribution in [3.63, 3.8) is 0 Å². The fourth-order valence-corrected chi connectivity index (χ4v) is 3.49. The summed E-state index contributed by atoms with van der Waals surface area (Å²) >= 11 is 5.83. The summed E-state index contributed by atoms with van der Waals surface area (Å²) in [6.07, 6.45) is 0.717. The Hall–Kier alpha value is -1.58. The molecule has 2 aromatic rings. The molecule has 1 fully saturated rings.